The Balaban J connectivity index is 1.68. The van der Waals surface area contributed by atoms with Crippen molar-refractivity contribution in [1.29, 1.82) is 5.26 Å². The van der Waals surface area contributed by atoms with E-state index in [0.717, 1.165) is 15.4 Å². The molecule has 122 valence electrons. The number of halogens is 1. The van der Waals surface area contributed by atoms with Crippen molar-refractivity contribution in [3.8, 4) is 6.07 Å². The van der Waals surface area contributed by atoms with E-state index in [1.807, 2.05) is 18.2 Å². The average molecular weight is 387 g/mol. The predicted octanol–water partition coefficient (Wildman–Crippen LogP) is 1.79. The van der Waals surface area contributed by atoms with Crippen molar-refractivity contribution in [2.45, 2.75) is 12.6 Å². The number of benzene rings is 1. The topological polar surface area (TPSA) is 78.1 Å². The standard InChI is InChI=1S/C17H15BrN4O2/c1-2-17(24)22-8-13(9-22)20-16(23)10-21-7-11(6-19)14-5-12(18)3-4-15(14)21/h2-5,7,13H,1,8-10H2,(H,20,23). The van der Waals surface area contributed by atoms with Crippen molar-refractivity contribution in [2.75, 3.05) is 13.1 Å². The average Bonchev–Trinajstić information content (AvgIpc) is 2.86. The third-order valence-electron chi connectivity index (χ3n) is 4.01. The minimum atomic E-state index is -0.144. The summed E-state index contributed by atoms with van der Waals surface area (Å²) in [6.45, 7) is 4.57. The number of rotatable bonds is 4. The number of hydrogen-bond acceptors (Lipinski definition) is 3. The van der Waals surface area contributed by atoms with Gasteiger partial charge in [-0.1, -0.05) is 22.5 Å². The van der Waals surface area contributed by atoms with Gasteiger partial charge in [-0.05, 0) is 24.3 Å². The van der Waals surface area contributed by atoms with Crippen LogP contribution in [0, 0.1) is 11.3 Å². The molecule has 0 spiro atoms. The van der Waals surface area contributed by atoms with Gasteiger partial charge < -0.3 is 14.8 Å². The Kier molecular flexibility index (Phi) is 4.40. The summed E-state index contributed by atoms with van der Waals surface area (Å²) < 4.78 is 2.65. The molecule has 2 amide bonds. The third-order valence-corrected chi connectivity index (χ3v) is 4.50. The van der Waals surface area contributed by atoms with Crippen molar-refractivity contribution < 1.29 is 9.59 Å². The Morgan fingerprint density at radius 3 is 2.88 bits per heavy atom. The van der Waals surface area contributed by atoms with E-state index in [1.54, 1.807) is 15.7 Å². The van der Waals surface area contributed by atoms with E-state index in [-0.39, 0.29) is 24.4 Å². The molecule has 1 aliphatic heterocycles. The van der Waals surface area contributed by atoms with Crippen LogP contribution in [0.3, 0.4) is 0 Å². The molecule has 2 aromatic rings. The Morgan fingerprint density at radius 2 is 2.21 bits per heavy atom. The van der Waals surface area contributed by atoms with Gasteiger partial charge in [0.25, 0.3) is 0 Å². The smallest absolute Gasteiger partial charge is 0.246 e. The fourth-order valence-electron chi connectivity index (χ4n) is 2.80. The molecule has 6 nitrogen and oxygen atoms in total. The Bertz CT molecular complexity index is 875. The largest absolute Gasteiger partial charge is 0.348 e. The molecule has 1 N–H and O–H groups in total. The van der Waals surface area contributed by atoms with Gasteiger partial charge in [0.05, 0.1) is 11.6 Å². The number of likely N-dealkylation sites (tertiary alicyclic amines) is 1. The summed E-state index contributed by atoms with van der Waals surface area (Å²) in [5.41, 5.74) is 1.37. The number of nitriles is 1. The Morgan fingerprint density at radius 1 is 1.46 bits per heavy atom. The number of carbonyl (C=O) groups excluding carboxylic acids is 2. The summed E-state index contributed by atoms with van der Waals surface area (Å²) in [6, 6.07) is 7.74. The maximum atomic E-state index is 12.2. The lowest BCUT2D eigenvalue weighted by Crippen LogP contribution is -2.61. The number of nitrogens with zero attached hydrogens (tertiary/aromatic N) is 3. The second-order valence-corrected chi connectivity index (χ2v) is 6.57. The van der Waals surface area contributed by atoms with Gasteiger partial charge in [-0.15, -0.1) is 0 Å². The van der Waals surface area contributed by atoms with Crippen LogP contribution in [0.4, 0.5) is 0 Å². The second kappa shape index (κ2) is 6.49. The first kappa shape index (κ1) is 16.3. The first-order valence-electron chi connectivity index (χ1n) is 7.41. The fourth-order valence-corrected chi connectivity index (χ4v) is 3.16. The summed E-state index contributed by atoms with van der Waals surface area (Å²) in [7, 11) is 0. The van der Waals surface area contributed by atoms with Crippen LogP contribution >= 0.6 is 15.9 Å². The molecule has 7 heteroatoms. The molecule has 2 heterocycles. The molecule has 0 bridgehead atoms. The fraction of sp³-hybridized carbons (Fsp3) is 0.235. The van der Waals surface area contributed by atoms with Crippen LogP contribution in [0.5, 0.6) is 0 Å². The molecule has 3 rings (SSSR count). The highest BCUT2D eigenvalue weighted by Gasteiger charge is 2.30. The van der Waals surface area contributed by atoms with Gasteiger partial charge in [0, 0.05) is 34.7 Å². The van der Waals surface area contributed by atoms with Crippen LogP contribution in [-0.4, -0.2) is 40.4 Å². The number of carbonyl (C=O) groups is 2. The minimum absolute atomic E-state index is 0.0344. The van der Waals surface area contributed by atoms with Crippen molar-refractivity contribution in [2.24, 2.45) is 0 Å². The SMILES string of the molecule is C=CC(=O)N1CC(NC(=O)Cn2cc(C#N)c3cc(Br)ccc32)C1. The van der Waals surface area contributed by atoms with Gasteiger partial charge in [0.1, 0.15) is 12.6 Å². The van der Waals surface area contributed by atoms with E-state index in [1.165, 1.54) is 6.08 Å². The molecule has 0 atom stereocenters. The molecule has 0 aliphatic carbocycles. The third kappa shape index (κ3) is 3.05. The molecule has 1 fully saturated rings. The quantitative estimate of drug-likeness (QED) is 0.813. The molecule has 1 aromatic heterocycles. The lowest BCUT2D eigenvalue weighted by molar-refractivity contribution is -0.133. The zero-order valence-electron chi connectivity index (χ0n) is 12.8. The Hall–Kier alpha value is -2.59. The maximum absolute atomic E-state index is 12.2. The van der Waals surface area contributed by atoms with Crippen LogP contribution in [0.2, 0.25) is 0 Å². The normalized spacial score (nSPS) is 14.1. The molecule has 0 radical (unpaired) electrons. The van der Waals surface area contributed by atoms with E-state index in [2.05, 4.69) is 33.9 Å². The van der Waals surface area contributed by atoms with Gasteiger partial charge in [-0.3, -0.25) is 9.59 Å². The lowest BCUT2D eigenvalue weighted by atomic mass is 10.1. The molecule has 24 heavy (non-hydrogen) atoms. The van der Waals surface area contributed by atoms with Crippen molar-refractivity contribution in [1.82, 2.24) is 14.8 Å². The summed E-state index contributed by atoms with van der Waals surface area (Å²) >= 11 is 3.39. The second-order valence-electron chi connectivity index (χ2n) is 5.66. The van der Waals surface area contributed by atoms with Crippen LogP contribution in [0.15, 0.2) is 41.5 Å². The summed E-state index contributed by atoms with van der Waals surface area (Å²) in [4.78, 5) is 25.2. The van der Waals surface area contributed by atoms with Crippen LogP contribution < -0.4 is 5.32 Å². The highest BCUT2D eigenvalue weighted by atomic mass is 79.9. The van der Waals surface area contributed by atoms with E-state index < -0.39 is 0 Å². The van der Waals surface area contributed by atoms with Crippen LogP contribution in [0.25, 0.3) is 10.9 Å². The highest BCUT2D eigenvalue weighted by molar-refractivity contribution is 9.10. The summed E-state index contributed by atoms with van der Waals surface area (Å²) in [5.74, 6) is -0.267. The number of aromatic nitrogens is 1. The lowest BCUT2D eigenvalue weighted by Gasteiger charge is -2.38. The number of hydrogen-bond donors (Lipinski definition) is 1. The monoisotopic (exact) mass is 386 g/mol. The maximum Gasteiger partial charge on any atom is 0.246 e. The van der Waals surface area contributed by atoms with Gasteiger partial charge in [-0.25, -0.2) is 0 Å². The molecule has 1 aromatic carbocycles. The summed E-state index contributed by atoms with van der Waals surface area (Å²) in [5, 5.41) is 13.0. The first-order valence-corrected chi connectivity index (χ1v) is 8.20. The number of fused-ring (bicyclic) bond motifs is 1. The Labute approximate surface area is 147 Å². The zero-order valence-corrected chi connectivity index (χ0v) is 14.4. The molecule has 1 aliphatic rings. The molecule has 0 unspecified atom stereocenters. The predicted molar refractivity (Wildman–Crippen MR) is 93.1 cm³/mol. The van der Waals surface area contributed by atoms with Gasteiger partial charge >= 0.3 is 0 Å². The van der Waals surface area contributed by atoms with Crippen LogP contribution in [0.1, 0.15) is 5.56 Å². The summed E-state index contributed by atoms with van der Waals surface area (Å²) in [6.07, 6.45) is 2.95. The zero-order chi connectivity index (χ0) is 17.3. The van der Waals surface area contributed by atoms with Crippen molar-refractivity contribution >= 4 is 38.6 Å². The van der Waals surface area contributed by atoms with Crippen LogP contribution in [-0.2, 0) is 16.1 Å². The van der Waals surface area contributed by atoms with E-state index >= 15 is 0 Å². The van der Waals surface area contributed by atoms with Gasteiger partial charge in [0.2, 0.25) is 11.8 Å². The number of nitrogens with one attached hydrogen (secondary N) is 1. The van der Waals surface area contributed by atoms with E-state index in [4.69, 9.17) is 0 Å². The first-order chi connectivity index (χ1) is 11.5. The number of amides is 2. The van der Waals surface area contributed by atoms with E-state index in [9.17, 15) is 14.9 Å². The van der Waals surface area contributed by atoms with E-state index in [0.29, 0.717) is 18.7 Å². The van der Waals surface area contributed by atoms with Crippen molar-refractivity contribution in [3.63, 3.8) is 0 Å². The van der Waals surface area contributed by atoms with Gasteiger partial charge in [-0.2, -0.15) is 5.26 Å². The molecular formula is C17H15BrN4O2. The highest BCUT2D eigenvalue weighted by Crippen LogP contribution is 2.24. The molecular weight excluding hydrogens is 372 g/mol. The molecule has 1 saturated heterocycles. The van der Waals surface area contributed by atoms with Crippen molar-refractivity contribution in [3.05, 3.63) is 47.1 Å². The van der Waals surface area contributed by atoms with Gasteiger partial charge in [0.15, 0.2) is 0 Å². The molecule has 0 saturated carbocycles. The minimum Gasteiger partial charge on any atom is -0.348 e.